The zero-order valence-corrected chi connectivity index (χ0v) is 33.1. The minimum Gasteiger partial charge on any atom is -0.480 e. The Morgan fingerprint density at radius 1 is 0.596 bits per heavy atom. The highest BCUT2D eigenvalue weighted by molar-refractivity contribution is 5.83. The van der Waals surface area contributed by atoms with Crippen LogP contribution in [0, 0.1) is 0 Å². The Morgan fingerprint density at radius 3 is 1.73 bits per heavy atom. The third-order valence-electron chi connectivity index (χ3n) is 8.74. The van der Waals surface area contributed by atoms with Crippen LogP contribution >= 0.6 is 0 Å². The average Bonchev–Trinajstić information content (AvgIpc) is 3.13. The summed E-state index contributed by atoms with van der Waals surface area (Å²) >= 11 is 0. The lowest BCUT2D eigenvalue weighted by Gasteiger charge is -2.15. The Bertz CT molecular complexity index is 1040. The number of rotatable bonds is 36. The molecule has 0 aliphatic heterocycles. The fourth-order valence-corrected chi connectivity index (χ4v) is 5.63. The van der Waals surface area contributed by atoms with Crippen LogP contribution in [0.3, 0.4) is 0 Å². The molecule has 0 aromatic carbocycles. The van der Waals surface area contributed by atoms with Gasteiger partial charge in [-0.1, -0.05) is 138 Å². The monoisotopic (exact) mass is 725 g/mol. The van der Waals surface area contributed by atoms with E-state index in [1.807, 2.05) is 0 Å². The molecular weight excluding hydrogens is 649 g/mol. The first kappa shape index (κ1) is 48.8. The summed E-state index contributed by atoms with van der Waals surface area (Å²) in [6, 6.07) is -0.859. The molecule has 0 radical (unpaired) electrons. The number of unbranched alkanes of at least 4 members (excludes halogenated alkanes) is 12. The van der Waals surface area contributed by atoms with Crippen molar-refractivity contribution in [2.75, 3.05) is 6.54 Å². The van der Waals surface area contributed by atoms with E-state index in [1.54, 1.807) is 0 Å². The third-order valence-corrected chi connectivity index (χ3v) is 8.74. The number of esters is 1. The zero-order chi connectivity index (χ0) is 38.2. The van der Waals surface area contributed by atoms with E-state index in [-0.39, 0.29) is 18.0 Å². The van der Waals surface area contributed by atoms with Crippen LogP contribution in [-0.4, -0.2) is 41.6 Å². The van der Waals surface area contributed by atoms with Gasteiger partial charge in [-0.15, -0.1) is 0 Å². The Kier molecular flexibility index (Phi) is 36.6. The van der Waals surface area contributed by atoms with Crippen molar-refractivity contribution < 1.29 is 24.2 Å². The molecule has 0 rings (SSSR count). The molecule has 0 spiro atoms. The molecule has 52 heavy (non-hydrogen) atoms. The van der Waals surface area contributed by atoms with E-state index in [0.29, 0.717) is 32.2 Å². The number of hydrogen-bond acceptors (Lipinski definition) is 5. The standard InChI is InChI=1S/C45H76N2O5/c1-3-5-7-9-11-13-14-15-16-17-18-19-20-21-23-29-33-39-44(49)52-41(35-30-26-22-12-10-8-6-4-2)36-31-27-24-25-28-32-38-43(48)47-42(45(50)51)37-34-40-46/h5,7,11,13,15-16,18-19,21,23,30,35,41-42H,3-4,6,8-10,12,14,17,20,22,24-29,31-34,36-40,46H2,1-2H3,(H,47,48)(H,50,51)/b7-5-,13-11-,16-15-,19-18-,23-21-,35-30-. The van der Waals surface area contributed by atoms with Crippen molar-refractivity contribution in [2.45, 2.75) is 187 Å². The lowest BCUT2D eigenvalue weighted by atomic mass is 10.0. The molecule has 7 heteroatoms. The first-order valence-electron chi connectivity index (χ1n) is 20.8. The van der Waals surface area contributed by atoms with Crippen LogP contribution in [0.4, 0.5) is 0 Å². The van der Waals surface area contributed by atoms with E-state index in [0.717, 1.165) is 96.3 Å². The van der Waals surface area contributed by atoms with Crippen molar-refractivity contribution in [3.05, 3.63) is 72.9 Å². The van der Waals surface area contributed by atoms with Crippen molar-refractivity contribution >= 4 is 17.8 Å². The second kappa shape index (κ2) is 39.0. The van der Waals surface area contributed by atoms with Crippen molar-refractivity contribution in [1.29, 1.82) is 0 Å². The van der Waals surface area contributed by atoms with Gasteiger partial charge in [0.05, 0.1) is 0 Å². The molecule has 0 aliphatic rings. The summed E-state index contributed by atoms with van der Waals surface area (Å²) in [5, 5.41) is 11.9. The maximum absolute atomic E-state index is 12.7. The quantitative estimate of drug-likeness (QED) is 0.0336. The number of amides is 1. The Morgan fingerprint density at radius 2 is 1.13 bits per heavy atom. The minimum atomic E-state index is -1.01. The largest absolute Gasteiger partial charge is 0.480 e. The molecule has 0 fully saturated rings. The van der Waals surface area contributed by atoms with Crippen LogP contribution in [0.5, 0.6) is 0 Å². The lowest BCUT2D eigenvalue weighted by molar-refractivity contribution is -0.147. The highest BCUT2D eigenvalue weighted by Gasteiger charge is 2.18. The van der Waals surface area contributed by atoms with Crippen LogP contribution in [0.1, 0.15) is 174 Å². The Hall–Kier alpha value is -3.19. The molecule has 0 aromatic rings. The Balaban J connectivity index is 4.38. The molecule has 0 aliphatic carbocycles. The van der Waals surface area contributed by atoms with E-state index in [2.05, 4.69) is 92.1 Å². The van der Waals surface area contributed by atoms with Gasteiger partial charge in [-0.2, -0.15) is 0 Å². The van der Waals surface area contributed by atoms with Crippen molar-refractivity contribution in [3.8, 4) is 0 Å². The number of nitrogens with two attached hydrogens (primary N) is 1. The molecule has 0 bridgehead atoms. The molecule has 2 atom stereocenters. The van der Waals surface area contributed by atoms with Gasteiger partial charge in [0.15, 0.2) is 0 Å². The maximum Gasteiger partial charge on any atom is 0.326 e. The van der Waals surface area contributed by atoms with Crippen molar-refractivity contribution in [2.24, 2.45) is 5.73 Å². The molecule has 0 saturated heterocycles. The fraction of sp³-hybridized carbons (Fsp3) is 0.667. The summed E-state index contributed by atoms with van der Waals surface area (Å²) in [4.78, 5) is 36.2. The molecule has 7 nitrogen and oxygen atoms in total. The summed E-state index contributed by atoms with van der Waals surface area (Å²) in [7, 11) is 0. The second-order valence-electron chi connectivity index (χ2n) is 13.7. The number of carboxylic acid groups (broad SMARTS) is 1. The summed E-state index contributed by atoms with van der Waals surface area (Å²) < 4.78 is 5.92. The Labute approximate surface area is 318 Å². The molecule has 4 N–H and O–H groups in total. The number of allylic oxidation sites excluding steroid dienone is 11. The summed E-state index contributed by atoms with van der Waals surface area (Å²) in [5.74, 6) is -1.34. The molecular formula is C45H76N2O5. The van der Waals surface area contributed by atoms with Crippen LogP contribution in [-0.2, 0) is 19.1 Å². The molecule has 0 heterocycles. The number of ether oxygens (including phenoxy) is 1. The van der Waals surface area contributed by atoms with Gasteiger partial charge in [-0.3, -0.25) is 9.59 Å². The number of carbonyl (C=O) groups is 3. The van der Waals surface area contributed by atoms with Gasteiger partial charge >= 0.3 is 11.9 Å². The average molecular weight is 725 g/mol. The van der Waals surface area contributed by atoms with Gasteiger partial charge in [0.1, 0.15) is 12.1 Å². The van der Waals surface area contributed by atoms with Crippen LogP contribution in [0.2, 0.25) is 0 Å². The number of carbonyl (C=O) groups excluding carboxylic acids is 2. The van der Waals surface area contributed by atoms with Crippen LogP contribution in [0.25, 0.3) is 0 Å². The lowest BCUT2D eigenvalue weighted by Crippen LogP contribution is -2.40. The first-order chi connectivity index (χ1) is 25.4. The molecule has 1 amide bonds. The topological polar surface area (TPSA) is 119 Å². The first-order valence-corrected chi connectivity index (χ1v) is 20.8. The van der Waals surface area contributed by atoms with Gasteiger partial charge in [0.2, 0.25) is 5.91 Å². The van der Waals surface area contributed by atoms with E-state index < -0.39 is 12.0 Å². The molecule has 0 saturated carbocycles. The highest BCUT2D eigenvalue weighted by atomic mass is 16.5. The predicted molar refractivity (Wildman–Crippen MR) is 220 cm³/mol. The van der Waals surface area contributed by atoms with Gasteiger partial charge in [-0.25, -0.2) is 4.79 Å². The van der Waals surface area contributed by atoms with E-state index >= 15 is 0 Å². The summed E-state index contributed by atoms with van der Waals surface area (Å²) in [6.45, 7) is 4.80. The van der Waals surface area contributed by atoms with Crippen molar-refractivity contribution in [1.82, 2.24) is 5.32 Å². The zero-order valence-electron chi connectivity index (χ0n) is 33.1. The van der Waals surface area contributed by atoms with Crippen molar-refractivity contribution in [3.63, 3.8) is 0 Å². The number of nitrogens with one attached hydrogen (secondary N) is 1. The highest BCUT2D eigenvalue weighted by Crippen LogP contribution is 2.15. The number of aliphatic carboxylic acids is 1. The number of hydrogen-bond donors (Lipinski definition) is 3. The summed E-state index contributed by atoms with van der Waals surface area (Å²) in [6.07, 6.45) is 49.6. The van der Waals surface area contributed by atoms with E-state index in [1.165, 1.54) is 38.5 Å². The van der Waals surface area contributed by atoms with E-state index in [9.17, 15) is 19.5 Å². The maximum atomic E-state index is 12.7. The van der Waals surface area contributed by atoms with Gasteiger partial charge in [-0.05, 0) is 103 Å². The second-order valence-corrected chi connectivity index (χ2v) is 13.7. The predicted octanol–water partition coefficient (Wildman–Crippen LogP) is 11.6. The SMILES string of the molecule is CC/C=C\C/C=C\C/C=C\C/C=C\C/C=C\CCCC(=O)OC(/C=C\CCCCCCCC)CCCCCCCCC(=O)NC(CCCN)C(=O)O. The van der Waals surface area contributed by atoms with Gasteiger partial charge in [0.25, 0.3) is 0 Å². The fourth-order valence-electron chi connectivity index (χ4n) is 5.63. The smallest absolute Gasteiger partial charge is 0.326 e. The summed E-state index contributed by atoms with van der Waals surface area (Å²) in [5.41, 5.74) is 5.47. The van der Waals surface area contributed by atoms with Crippen LogP contribution < -0.4 is 11.1 Å². The minimum absolute atomic E-state index is 0.118. The van der Waals surface area contributed by atoms with Gasteiger partial charge < -0.3 is 20.9 Å². The third kappa shape index (κ3) is 35.2. The molecule has 0 aromatic heterocycles. The van der Waals surface area contributed by atoms with E-state index in [4.69, 9.17) is 10.5 Å². The van der Waals surface area contributed by atoms with Crippen LogP contribution in [0.15, 0.2) is 72.9 Å². The number of carboxylic acids is 1. The molecule has 296 valence electrons. The van der Waals surface area contributed by atoms with Gasteiger partial charge in [0, 0.05) is 12.8 Å². The molecule has 2 unspecified atom stereocenters. The normalized spacial score (nSPS) is 13.4.